The minimum atomic E-state index is -0.461. The second-order valence-corrected chi connectivity index (χ2v) is 2.47. The Kier molecular flexibility index (Phi) is 5.90. The number of esters is 1. The monoisotopic (exact) mass is 195 g/mol. The molecule has 0 atom stereocenters. The number of hydrogen-bond donors (Lipinski definition) is 0. The van der Waals surface area contributed by atoms with Gasteiger partial charge in [0, 0.05) is 16.2 Å². The minimum Gasteiger partial charge on any atom is -0.463 e. The fourth-order valence-corrected chi connectivity index (χ4v) is 0.869. The van der Waals surface area contributed by atoms with Gasteiger partial charge >= 0.3 is 5.97 Å². The van der Waals surface area contributed by atoms with E-state index in [1.54, 1.807) is 19.9 Å². The number of carbonyl (C=O) groups is 1. The first kappa shape index (κ1) is 12.3. The number of azide groups is 1. The molecule has 0 radical (unpaired) electrons. The summed E-state index contributed by atoms with van der Waals surface area (Å²) in [7, 11) is 0. The lowest BCUT2D eigenvalue weighted by molar-refractivity contribution is -0.138. The maximum Gasteiger partial charge on any atom is 0.334 e. The SMILES string of the molecule is C=CC/C(C(=O)OCC)=C(\C)N=[N+]=[N-]. The molecule has 0 aromatic heterocycles. The molecule has 0 aliphatic rings. The molecule has 0 unspecified atom stereocenters. The van der Waals surface area contributed by atoms with Gasteiger partial charge in [0.05, 0.1) is 6.61 Å². The molecule has 0 aromatic carbocycles. The molecule has 0 amide bonds. The molecule has 5 nitrogen and oxygen atoms in total. The van der Waals surface area contributed by atoms with Gasteiger partial charge in [0.1, 0.15) is 0 Å². The molecule has 0 bridgehead atoms. The number of rotatable bonds is 5. The first-order chi connectivity index (χ1) is 6.67. The van der Waals surface area contributed by atoms with E-state index in [1.165, 1.54) is 0 Å². The normalized spacial score (nSPS) is 11.0. The lowest BCUT2D eigenvalue weighted by Gasteiger charge is -2.05. The Morgan fingerprint density at radius 3 is 2.79 bits per heavy atom. The van der Waals surface area contributed by atoms with Crippen LogP contribution in [0.5, 0.6) is 0 Å². The number of hydrogen-bond acceptors (Lipinski definition) is 3. The van der Waals surface area contributed by atoms with Gasteiger partial charge in [0.2, 0.25) is 0 Å². The minimum absolute atomic E-state index is 0.295. The molecular weight excluding hydrogens is 182 g/mol. The van der Waals surface area contributed by atoms with Crippen LogP contribution >= 0.6 is 0 Å². The molecule has 0 spiro atoms. The summed E-state index contributed by atoms with van der Waals surface area (Å²) in [6.07, 6.45) is 1.90. The first-order valence-corrected chi connectivity index (χ1v) is 4.20. The zero-order chi connectivity index (χ0) is 11.0. The van der Waals surface area contributed by atoms with Crippen molar-refractivity contribution in [3.8, 4) is 0 Å². The van der Waals surface area contributed by atoms with E-state index in [1.807, 2.05) is 0 Å². The fourth-order valence-electron chi connectivity index (χ4n) is 0.869. The van der Waals surface area contributed by atoms with Crippen molar-refractivity contribution in [3.05, 3.63) is 34.4 Å². The molecule has 0 N–H and O–H groups in total. The first-order valence-electron chi connectivity index (χ1n) is 4.20. The van der Waals surface area contributed by atoms with Crippen molar-refractivity contribution in [1.29, 1.82) is 0 Å². The number of carbonyl (C=O) groups excluding carboxylic acids is 1. The lowest BCUT2D eigenvalue weighted by Crippen LogP contribution is -2.08. The van der Waals surface area contributed by atoms with E-state index >= 15 is 0 Å². The van der Waals surface area contributed by atoms with Crippen LogP contribution in [0.15, 0.2) is 29.0 Å². The van der Waals surface area contributed by atoms with E-state index in [4.69, 9.17) is 10.3 Å². The van der Waals surface area contributed by atoms with Crippen molar-refractivity contribution < 1.29 is 9.53 Å². The van der Waals surface area contributed by atoms with Crippen LogP contribution in [0, 0.1) is 0 Å². The van der Waals surface area contributed by atoms with Crippen LogP contribution in [-0.2, 0) is 9.53 Å². The Morgan fingerprint density at radius 2 is 2.36 bits per heavy atom. The van der Waals surface area contributed by atoms with Crippen molar-refractivity contribution in [2.24, 2.45) is 5.11 Å². The van der Waals surface area contributed by atoms with Gasteiger partial charge in [-0.15, -0.1) is 6.58 Å². The van der Waals surface area contributed by atoms with Crippen molar-refractivity contribution >= 4 is 5.97 Å². The molecule has 0 saturated heterocycles. The molecular formula is C9H13N3O2. The highest BCUT2D eigenvalue weighted by Crippen LogP contribution is 2.12. The molecule has 5 heteroatoms. The summed E-state index contributed by atoms with van der Waals surface area (Å²) in [4.78, 5) is 13.9. The van der Waals surface area contributed by atoms with E-state index in [-0.39, 0.29) is 0 Å². The average molecular weight is 195 g/mol. The highest BCUT2D eigenvalue weighted by atomic mass is 16.5. The molecule has 0 aliphatic heterocycles. The van der Waals surface area contributed by atoms with Gasteiger partial charge < -0.3 is 4.74 Å². The maximum absolute atomic E-state index is 11.3. The van der Waals surface area contributed by atoms with Gasteiger partial charge in [0.15, 0.2) is 0 Å². The number of allylic oxidation sites excluding steroid dienone is 2. The summed E-state index contributed by atoms with van der Waals surface area (Å²) >= 11 is 0. The van der Waals surface area contributed by atoms with Gasteiger partial charge in [-0.25, -0.2) is 4.79 Å². The fraction of sp³-hybridized carbons (Fsp3) is 0.444. The molecule has 0 aliphatic carbocycles. The third-order valence-corrected chi connectivity index (χ3v) is 1.50. The highest BCUT2D eigenvalue weighted by molar-refractivity contribution is 5.89. The van der Waals surface area contributed by atoms with Crippen LogP contribution < -0.4 is 0 Å². The van der Waals surface area contributed by atoms with Crippen molar-refractivity contribution in [1.82, 2.24) is 0 Å². The van der Waals surface area contributed by atoms with Crippen LogP contribution in [0.4, 0.5) is 0 Å². The largest absolute Gasteiger partial charge is 0.463 e. The summed E-state index contributed by atoms with van der Waals surface area (Å²) < 4.78 is 4.80. The summed E-state index contributed by atoms with van der Waals surface area (Å²) in [5.74, 6) is -0.461. The summed E-state index contributed by atoms with van der Waals surface area (Å²) in [5.41, 5.74) is 8.88. The van der Waals surface area contributed by atoms with Crippen LogP contribution in [-0.4, -0.2) is 12.6 Å². The van der Waals surface area contributed by atoms with Crippen LogP contribution in [0.1, 0.15) is 20.3 Å². The molecule has 0 saturated carbocycles. The third-order valence-electron chi connectivity index (χ3n) is 1.50. The maximum atomic E-state index is 11.3. The van der Waals surface area contributed by atoms with Crippen LogP contribution in [0.2, 0.25) is 0 Å². The molecule has 0 heterocycles. The highest BCUT2D eigenvalue weighted by Gasteiger charge is 2.11. The van der Waals surface area contributed by atoms with Gasteiger partial charge in [-0.1, -0.05) is 11.2 Å². The Bertz CT molecular complexity index is 301. The predicted octanol–water partition coefficient (Wildman–Crippen LogP) is 2.71. The van der Waals surface area contributed by atoms with Crippen molar-refractivity contribution in [3.63, 3.8) is 0 Å². The predicted molar refractivity (Wildman–Crippen MR) is 53.3 cm³/mol. The summed E-state index contributed by atoms with van der Waals surface area (Å²) in [5, 5.41) is 3.36. The topological polar surface area (TPSA) is 75.1 Å². The van der Waals surface area contributed by atoms with Gasteiger partial charge in [-0.3, -0.25) is 0 Å². The molecule has 76 valence electrons. The summed E-state index contributed by atoms with van der Waals surface area (Å²) in [6.45, 7) is 7.08. The van der Waals surface area contributed by atoms with E-state index in [9.17, 15) is 4.79 Å². The number of ether oxygens (including phenoxy) is 1. The number of nitrogens with zero attached hydrogens (tertiary/aromatic N) is 3. The molecule has 0 rings (SSSR count). The van der Waals surface area contributed by atoms with Crippen LogP contribution in [0.3, 0.4) is 0 Å². The second kappa shape index (κ2) is 6.74. The van der Waals surface area contributed by atoms with E-state index in [2.05, 4.69) is 16.6 Å². The summed E-state index contributed by atoms with van der Waals surface area (Å²) in [6, 6.07) is 0. The zero-order valence-electron chi connectivity index (χ0n) is 8.36. The van der Waals surface area contributed by atoms with E-state index < -0.39 is 5.97 Å². The molecule has 14 heavy (non-hydrogen) atoms. The van der Waals surface area contributed by atoms with Gasteiger partial charge in [-0.2, -0.15) is 0 Å². The Morgan fingerprint density at radius 1 is 1.71 bits per heavy atom. The quantitative estimate of drug-likeness (QED) is 0.169. The van der Waals surface area contributed by atoms with Gasteiger partial charge in [0.25, 0.3) is 0 Å². The molecule has 0 aromatic rings. The van der Waals surface area contributed by atoms with Crippen molar-refractivity contribution in [2.45, 2.75) is 20.3 Å². The van der Waals surface area contributed by atoms with Crippen LogP contribution in [0.25, 0.3) is 10.4 Å². The van der Waals surface area contributed by atoms with Crippen molar-refractivity contribution in [2.75, 3.05) is 6.61 Å². The Labute approximate surface area is 82.7 Å². The average Bonchev–Trinajstić information content (AvgIpc) is 2.14. The standard InChI is InChI=1S/C9H13N3O2/c1-4-6-8(7(3)11-12-10)9(13)14-5-2/h4H,1,5-6H2,2-3H3/b8-7-. The molecule has 0 fully saturated rings. The smallest absolute Gasteiger partial charge is 0.334 e. The Hall–Kier alpha value is -1.74. The Balaban J connectivity index is 4.90. The zero-order valence-corrected chi connectivity index (χ0v) is 8.36. The van der Waals surface area contributed by atoms with Gasteiger partial charge in [-0.05, 0) is 25.8 Å². The third kappa shape index (κ3) is 3.78. The second-order valence-electron chi connectivity index (χ2n) is 2.47. The lowest BCUT2D eigenvalue weighted by atomic mass is 10.1. The van der Waals surface area contributed by atoms with E-state index in [0.29, 0.717) is 24.3 Å². The van der Waals surface area contributed by atoms with E-state index in [0.717, 1.165) is 0 Å².